The predicted molar refractivity (Wildman–Crippen MR) is 71.2 cm³/mol. The molecule has 0 aliphatic rings. The van der Waals surface area contributed by atoms with Crippen molar-refractivity contribution in [2.24, 2.45) is 0 Å². The van der Waals surface area contributed by atoms with Gasteiger partial charge in [-0.2, -0.15) is 5.10 Å². The first-order chi connectivity index (χ1) is 8.74. The molecule has 90 valence electrons. The summed E-state index contributed by atoms with van der Waals surface area (Å²) in [5.41, 5.74) is 7.50. The van der Waals surface area contributed by atoms with Crippen LogP contribution in [0.1, 0.15) is 0 Å². The fraction of sp³-hybridized carbons (Fsp3) is 0. The van der Waals surface area contributed by atoms with Gasteiger partial charge in [0.05, 0.1) is 10.6 Å². The van der Waals surface area contributed by atoms with E-state index in [1.54, 1.807) is 28.2 Å². The monoisotopic (exact) mass is 259 g/mol. The number of nitrogens with zero attached hydrogens (tertiary/aromatic N) is 2. The molecule has 0 bridgehead atoms. The molecule has 3 rings (SSSR count). The summed E-state index contributed by atoms with van der Waals surface area (Å²) < 4.78 is 14.5. The van der Waals surface area contributed by atoms with Gasteiger partial charge in [-0.05, 0) is 35.7 Å². The molecule has 0 aliphatic carbocycles. The van der Waals surface area contributed by atoms with Gasteiger partial charge < -0.3 is 5.73 Å². The van der Waals surface area contributed by atoms with Crippen LogP contribution < -0.4 is 5.73 Å². The maximum atomic E-state index is 12.9. The van der Waals surface area contributed by atoms with Crippen LogP contribution in [0.25, 0.3) is 16.3 Å². The number of nitrogens with two attached hydrogens (primary N) is 1. The Kier molecular flexibility index (Phi) is 2.60. The van der Waals surface area contributed by atoms with Crippen LogP contribution in [0.4, 0.5) is 10.2 Å². The van der Waals surface area contributed by atoms with E-state index in [2.05, 4.69) is 5.10 Å². The number of aromatic nitrogens is 2. The topological polar surface area (TPSA) is 43.8 Å². The third-order valence-corrected chi connectivity index (χ3v) is 3.47. The number of thiophene rings is 1. The van der Waals surface area contributed by atoms with Gasteiger partial charge in [-0.25, -0.2) is 9.07 Å². The van der Waals surface area contributed by atoms with Crippen molar-refractivity contribution in [1.29, 1.82) is 0 Å². The van der Waals surface area contributed by atoms with E-state index in [0.29, 0.717) is 5.82 Å². The Morgan fingerprint density at radius 1 is 1.17 bits per heavy atom. The van der Waals surface area contributed by atoms with Crippen molar-refractivity contribution >= 4 is 17.2 Å². The molecule has 2 heterocycles. The largest absolute Gasteiger partial charge is 0.384 e. The summed E-state index contributed by atoms with van der Waals surface area (Å²) in [4.78, 5) is 1.06. The SMILES string of the molecule is Nc1cc(-c2cccs2)nn1-c1ccc(F)cc1. The Balaban J connectivity index is 2.06. The van der Waals surface area contributed by atoms with E-state index in [1.807, 2.05) is 23.6 Å². The molecule has 0 radical (unpaired) electrons. The van der Waals surface area contributed by atoms with E-state index >= 15 is 0 Å². The Morgan fingerprint density at radius 3 is 2.61 bits per heavy atom. The normalized spacial score (nSPS) is 10.7. The highest BCUT2D eigenvalue weighted by Gasteiger charge is 2.09. The summed E-state index contributed by atoms with van der Waals surface area (Å²) in [7, 11) is 0. The lowest BCUT2D eigenvalue weighted by molar-refractivity contribution is 0.627. The zero-order valence-electron chi connectivity index (χ0n) is 9.38. The summed E-state index contributed by atoms with van der Waals surface area (Å²) in [5.74, 6) is 0.257. The van der Waals surface area contributed by atoms with E-state index in [9.17, 15) is 4.39 Å². The Labute approximate surface area is 107 Å². The number of anilines is 1. The number of hydrogen-bond acceptors (Lipinski definition) is 3. The van der Waals surface area contributed by atoms with E-state index in [1.165, 1.54) is 12.1 Å². The van der Waals surface area contributed by atoms with Crippen LogP contribution in [0.5, 0.6) is 0 Å². The zero-order chi connectivity index (χ0) is 12.5. The van der Waals surface area contributed by atoms with Crippen LogP contribution in [0.2, 0.25) is 0 Å². The minimum absolute atomic E-state index is 0.275. The second kappa shape index (κ2) is 4.27. The maximum absolute atomic E-state index is 12.9. The minimum Gasteiger partial charge on any atom is -0.384 e. The molecular weight excluding hydrogens is 249 g/mol. The molecule has 0 saturated heterocycles. The van der Waals surface area contributed by atoms with E-state index in [-0.39, 0.29) is 5.82 Å². The molecule has 0 atom stereocenters. The number of benzene rings is 1. The van der Waals surface area contributed by atoms with Crippen molar-refractivity contribution < 1.29 is 4.39 Å². The lowest BCUT2D eigenvalue weighted by atomic mass is 10.3. The number of nitrogen functional groups attached to an aromatic ring is 1. The lowest BCUT2D eigenvalue weighted by Gasteiger charge is -2.02. The summed E-state index contributed by atoms with van der Waals surface area (Å²) in [6.45, 7) is 0. The lowest BCUT2D eigenvalue weighted by Crippen LogP contribution is -2.01. The van der Waals surface area contributed by atoms with E-state index in [4.69, 9.17) is 5.73 Å². The minimum atomic E-state index is -0.275. The summed E-state index contributed by atoms with van der Waals surface area (Å²) in [6, 6.07) is 11.8. The first kappa shape index (κ1) is 11.0. The van der Waals surface area contributed by atoms with Crippen molar-refractivity contribution in [3.63, 3.8) is 0 Å². The molecule has 2 N–H and O–H groups in total. The highest BCUT2D eigenvalue weighted by molar-refractivity contribution is 7.13. The summed E-state index contributed by atoms with van der Waals surface area (Å²) in [5, 5.41) is 6.42. The molecule has 3 nitrogen and oxygen atoms in total. The molecule has 0 aliphatic heterocycles. The molecular formula is C13H10FN3S. The van der Waals surface area contributed by atoms with Crippen molar-refractivity contribution in [3.05, 3.63) is 53.7 Å². The Hall–Kier alpha value is -2.14. The molecule has 0 amide bonds. The van der Waals surface area contributed by atoms with Gasteiger partial charge in [0.15, 0.2) is 0 Å². The third kappa shape index (κ3) is 1.89. The van der Waals surface area contributed by atoms with Crippen LogP contribution in [0, 0.1) is 5.82 Å². The third-order valence-electron chi connectivity index (χ3n) is 2.58. The van der Waals surface area contributed by atoms with Crippen molar-refractivity contribution in [3.8, 4) is 16.3 Å². The molecule has 1 aromatic carbocycles. The summed E-state index contributed by atoms with van der Waals surface area (Å²) >= 11 is 1.60. The molecule has 2 aromatic heterocycles. The predicted octanol–water partition coefficient (Wildman–Crippen LogP) is 3.32. The van der Waals surface area contributed by atoms with Gasteiger partial charge in [0.25, 0.3) is 0 Å². The Morgan fingerprint density at radius 2 is 1.94 bits per heavy atom. The van der Waals surface area contributed by atoms with Gasteiger partial charge in [0.2, 0.25) is 0 Å². The smallest absolute Gasteiger partial charge is 0.127 e. The highest BCUT2D eigenvalue weighted by atomic mass is 32.1. The van der Waals surface area contributed by atoms with Crippen molar-refractivity contribution in [2.75, 3.05) is 5.73 Å². The van der Waals surface area contributed by atoms with Crippen LogP contribution in [0.15, 0.2) is 47.8 Å². The molecule has 3 aromatic rings. The fourth-order valence-electron chi connectivity index (χ4n) is 1.73. The van der Waals surface area contributed by atoms with Gasteiger partial charge in [0.1, 0.15) is 17.3 Å². The molecule has 0 fully saturated rings. The second-order valence-corrected chi connectivity index (χ2v) is 4.77. The quantitative estimate of drug-likeness (QED) is 0.767. The summed E-state index contributed by atoms with van der Waals surface area (Å²) in [6.07, 6.45) is 0. The maximum Gasteiger partial charge on any atom is 0.127 e. The van der Waals surface area contributed by atoms with Crippen LogP contribution in [0.3, 0.4) is 0 Å². The molecule has 0 spiro atoms. The molecule has 0 unspecified atom stereocenters. The van der Waals surface area contributed by atoms with Crippen molar-refractivity contribution in [1.82, 2.24) is 9.78 Å². The van der Waals surface area contributed by atoms with Crippen LogP contribution in [-0.2, 0) is 0 Å². The van der Waals surface area contributed by atoms with Crippen LogP contribution >= 0.6 is 11.3 Å². The number of halogens is 1. The molecule has 18 heavy (non-hydrogen) atoms. The first-order valence-corrected chi connectivity index (χ1v) is 6.27. The van der Waals surface area contributed by atoms with Gasteiger partial charge in [-0.15, -0.1) is 11.3 Å². The van der Waals surface area contributed by atoms with Gasteiger partial charge in [-0.1, -0.05) is 6.07 Å². The molecule has 5 heteroatoms. The second-order valence-electron chi connectivity index (χ2n) is 3.82. The van der Waals surface area contributed by atoms with E-state index < -0.39 is 0 Å². The standard InChI is InChI=1S/C13H10FN3S/c14-9-3-5-10(6-4-9)17-13(15)8-11(16-17)12-2-1-7-18-12/h1-8H,15H2. The Bertz CT molecular complexity index is 656. The van der Waals surface area contributed by atoms with Crippen molar-refractivity contribution in [2.45, 2.75) is 0 Å². The fourth-order valence-corrected chi connectivity index (χ4v) is 2.41. The zero-order valence-corrected chi connectivity index (χ0v) is 10.2. The number of hydrogen-bond donors (Lipinski definition) is 1. The van der Waals surface area contributed by atoms with Gasteiger partial charge in [0, 0.05) is 6.07 Å². The van der Waals surface area contributed by atoms with Gasteiger partial charge >= 0.3 is 0 Å². The van der Waals surface area contributed by atoms with Crippen LogP contribution in [-0.4, -0.2) is 9.78 Å². The average molecular weight is 259 g/mol. The van der Waals surface area contributed by atoms with E-state index in [0.717, 1.165) is 16.3 Å². The number of rotatable bonds is 2. The molecule has 0 saturated carbocycles. The average Bonchev–Trinajstić information content (AvgIpc) is 2.99. The first-order valence-electron chi connectivity index (χ1n) is 5.39. The van der Waals surface area contributed by atoms with Gasteiger partial charge in [-0.3, -0.25) is 0 Å². The highest BCUT2D eigenvalue weighted by Crippen LogP contribution is 2.26.